The fourth-order valence-corrected chi connectivity index (χ4v) is 1.41. The summed E-state index contributed by atoms with van der Waals surface area (Å²) in [5.74, 6) is 0. The van der Waals surface area contributed by atoms with Gasteiger partial charge in [-0.2, -0.15) is 5.10 Å². The van der Waals surface area contributed by atoms with Gasteiger partial charge in [0.25, 0.3) is 0 Å². The number of unbranched alkanes of at least 4 members (excludes halogenated alkanes) is 1. The lowest BCUT2D eigenvalue weighted by molar-refractivity contribution is 0.187. The van der Waals surface area contributed by atoms with E-state index in [2.05, 4.69) is 22.0 Å². The molecule has 0 saturated heterocycles. The molecule has 80 valence electrons. The molecule has 1 aromatic heterocycles. The molecule has 0 atom stereocenters. The Kier molecular flexibility index (Phi) is 5.25. The molecule has 0 saturated carbocycles. The lowest BCUT2D eigenvalue weighted by Crippen LogP contribution is -2.27. The van der Waals surface area contributed by atoms with Gasteiger partial charge in [0, 0.05) is 25.0 Å². The van der Waals surface area contributed by atoms with Crippen LogP contribution < -0.4 is 0 Å². The monoisotopic (exact) mass is 197 g/mol. The molecule has 1 aromatic rings. The average Bonchev–Trinajstić information content (AvgIpc) is 2.67. The van der Waals surface area contributed by atoms with Crippen LogP contribution in [-0.4, -0.2) is 39.9 Å². The van der Waals surface area contributed by atoms with Crippen molar-refractivity contribution in [3.05, 3.63) is 18.0 Å². The number of aliphatic hydroxyl groups excluding tert-OH is 1. The minimum Gasteiger partial charge on any atom is -0.395 e. The van der Waals surface area contributed by atoms with E-state index < -0.39 is 0 Å². The summed E-state index contributed by atoms with van der Waals surface area (Å²) >= 11 is 0. The molecule has 0 bridgehead atoms. The number of rotatable bonds is 7. The average molecular weight is 197 g/mol. The SMILES string of the molecule is CCCCN(CCO)Cc1ccn[nH]1. The molecule has 0 aliphatic rings. The van der Waals surface area contributed by atoms with E-state index in [0.29, 0.717) is 0 Å². The van der Waals surface area contributed by atoms with Gasteiger partial charge < -0.3 is 5.11 Å². The number of nitrogens with one attached hydrogen (secondary N) is 1. The van der Waals surface area contributed by atoms with Crippen molar-refractivity contribution in [3.63, 3.8) is 0 Å². The zero-order valence-electron chi connectivity index (χ0n) is 8.74. The van der Waals surface area contributed by atoms with Crippen LogP contribution in [0.3, 0.4) is 0 Å². The Morgan fingerprint density at radius 1 is 1.50 bits per heavy atom. The Morgan fingerprint density at radius 3 is 2.93 bits per heavy atom. The van der Waals surface area contributed by atoms with Gasteiger partial charge in [-0.15, -0.1) is 0 Å². The van der Waals surface area contributed by atoms with Gasteiger partial charge in [0.2, 0.25) is 0 Å². The number of aliphatic hydroxyl groups is 1. The number of H-pyrrole nitrogens is 1. The first-order valence-corrected chi connectivity index (χ1v) is 5.18. The number of hydrogen-bond acceptors (Lipinski definition) is 3. The number of nitrogens with zero attached hydrogens (tertiary/aromatic N) is 2. The van der Waals surface area contributed by atoms with Gasteiger partial charge in [0.1, 0.15) is 0 Å². The molecule has 0 aliphatic heterocycles. The summed E-state index contributed by atoms with van der Waals surface area (Å²) in [5, 5.41) is 15.7. The van der Waals surface area contributed by atoms with Crippen molar-refractivity contribution in [3.8, 4) is 0 Å². The summed E-state index contributed by atoms with van der Waals surface area (Å²) in [5.41, 5.74) is 1.11. The molecule has 0 amide bonds. The first-order chi connectivity index (χ1) is 6.86. The lowest BCUT2D eigenvalue weighted by Gasteiger charge is -2.19. The normalized spacial score (nSPS) is 11.1. The summed E-state index contributed by atoms with van der Waals surface area (Å²) in [6.07, 6.45) is 4.12. The summed E-state index contributed by atoms with van der Waals surface area (Å²) in [6, 6.07) is 1.97. The second kappa shape index (κ2) is 6.56. The third kappa shape index (κ3) is 3.89. The van der Waals surface area contributed by atoms with Crippen molar-refractivity contribution in [1.29, 1.82) is 0 Å². The zero-order chi connectivity index (χ0) is 10.2. The molecule has 0 unspecified atom stereocenters. The molecule has 1 rings (SSSR count). The molecule has 0 fully saturated rings. The van der Waals surface area contributed by atoms with Crippen molar-refractivity contribution >= 4 is 0 Å². The molecular weight excluding hydrogens is 178 g/mol. The van der Waals surface area contributed by atoms with E-state index in [9.17, 15) is 0 Å². The third-order valence-electron chi connectivity index (χ3n) is 2.20. The molecule has 4 nitrogen and oxygen atoms in total. The molecule has 0 aliphatic carbocycles. The predicted molar refractivity (Wildman–Crippen MR) is 55.9 cm³/mol. The number of aromatic amines is 1. The highest BCUT2D eigenvalue weighted by Crippen LogP contribution is 2.02. The highest BCUT2D eigenvalue weighted by atomic mass is 16.3. The summed E-state index contributed by atoms with van der Waals surface area (Å²) in [7, 11) is 0. The molecule has 0 radical (unpaired) electrons. The predicted octanol–water partition coefficient (Wildman–Crippen LogP) is 1.00. The first-order valence-electron chi connectivity index (χ1n) is 5.18. The highest BCUT2D eigenvalue weighted by molar-refractivity contribution is 4.96. The van der Waals surface area contributed by atoms with E-state index in [4.69, 9.17) is 5.11 Å². The van der Waals surface area contributed by atoms with E-state index in [-0.39, 0.29) is 6.61 Å². The molecule has 4 heteroatoms. The molecule has 1 heterocycles. The summed E-state index contributed by atoms with van der Waals surface area (Å²) < 4.78 is 0. The molecular formula is C10H19N3O. The molecule has 2 N–H and O–H groups in total. The molecule has 0 aromatic carbocycles. The molecule has 0 spiro atoms. The van der Waals surface area contributed by atoms with Gasteiger partial charge in [-0.05, 0) is 19.0 Å². The maximum Gasteiger partial charge on any atom is 0.0558 e. The van der Waals surface area contributed by atoms with E-state index in [0.717, 1.165) is 25.3 Å². The standard InChI is InChI=1S/C10H19N3O/c1-2-3-6-13(7-8-14)9-10-4-5-11-12-10/h4-5,14H,2-3,6-9H2,1H3,(H,11,12). The Hall–Kier alpha value is -0.870. The van der Waals surface area contributed by atoms with Crippen LogP contribution in [0.15, 0.2) is 12.3 Å². The molecule has 14 heavy (non-hydrogen) atoms. The van der Waals surface area contributed by atoms with Crippen LogP contribution in [0.4, 0.5) is 0 Å². The maximum absolute atomic E-state index is 8.90. The van der Waals surface area contributed by atoms with Crippen molar-refractivity contribution in [1.82, 2.24) is 15.1 Å². The second-order valence-corrected chi connectivity index (χ2v) is 3.44. The van der Waals surface area contributed by atoms with E-state index >= 15 is 0 Å². The van der Waals surface area contributed by atoms with Crippen LogP contribution in [0.5, 0.6) is 0 Å². The van der Waals surface area contributed by atoms with Crippen LogP contribution >= 0.6 is 0 Å². The minimum atomic E-state index is 0.220. The number of aromatic nitrogens is 2. The fraction of sp³-hybridized carbons (Fsp3) is 0.700. The van der Waals surface area contributed by atoms with Gasteiger partial charge in [-0.1, -0.05) is 13.3 Å². The third-order valence-corrected chi connectivity index (χ3v) is 2.20. The largest absolute Gasteiger partial charge is 0.395 e. The van der Waals surface area contributed by atoms with Gasteiger partial charge in [0.05, 0.1) is 6.61 Å². The lowest BCUT2D eigenvalue weighted by atomic mass is 10.3. The van der Waals surface area contributed by atoms with E-state index in [1.54, 1.807) is 6.20 Å². The van der Waals surface area contributed by atoms with Crippen LogP contribution in [0, 0.1) is 0 Å². The minimum absolute atomic E-state index is 0.220. The van der Waals surface area contributed by atoms with E-state index in [1.807, 2.05) is 6.07 Å². The van der Waals surface area contributed by atoms with Gasteiger partial charge in [-0.25, -0.2) is 0 Å². The van der Waals surface area contributed by atoms with Crippen LogP contribution in [0.25, 0.3) is 0 Å². The Balaban J connectivity index is 2.34. The topological polar surface area (TPSA) is 52.1 Å². The van der Waals surface area contributed by atoms with E-state index in [1.165, 1.54) is 12.8 Å². The highest BCUT2D eigenvalue weighted by Gasteiger charge is 2.04. The van der Waals surface area contributed by atoms with Crippen molar-refractivity contribution in [2.24, 2.45) is 0 Å². The Bertz CT molecular complexity index is 223. The van der Waals surface area contributed by atoms with Crippen LogP contribution in [-0.2, 0) is 6.54 Å². The van der Waals surface area contributed by atoms with Crippen molar-refractivity contribution in [2.75, 3.05) is 19.7 Å². The van der Waals surface area contributed by atoms with Gasteiger partial charge in [0.15, 0.2) is 0 Å². The van der Waals surface area contributed by atoms with Gasteiger partial charge in [-0.3, -0.25) is 10.00 Å². The second-order valence-electron chi connectivity index (χ2n) is 3.44. The van der Waals surface area contributed by atoms with Crippen molar-refractivity contribution < 1.29 is 5.11 Å². The van der Waals surface area contributed by atoms with Gasteiger partial charge >= 0.3 is 0 Å². The zero-order valence-corrected chi connectivity index (χ0v) is 8.74. The number of hydrogen-bond donors (Lipinski definition) is 2. The Morgan fingerprint density at radius 2 is 2.36 bits per heavy atom. The van der Waals surface area contributed by atoms with Crippen molar-refractivity contribution in [2.45, 2.75) is 26.3 Å². The maximum atomic E-state index is 8.90. The smallest absolute Gasteiger partial charge is 0.0558 e. The summed E-state index contributed by atoms with van der Waals surface area (Å²) in [4.78, 5) is 2.23. The summed E-state index contributed by atoms with van der Waals surface area (Å²) in [6.45, 7) is 5.01. The Labute approximate surface area is 84.9 Å². The van der Waals surface area contributed by atoms with Crippen LogP contribution in [0.1, 0.15) is 25.5 Å². The quantitative estimate of drug-likeness (QED) is 0.685. The van der Waals surface area contributed by atoms with Crippen LogP contribution in [0.2, 0.25) is 0 Å². The fourth-order valence-electron chi connectivity index (χ4n) is 1.41. The first kappa shape index (κ1) is 11.2.